The SMILES string of the molecule is CCNCC.[HH].c1cc2c(ncc3ncc(C4CCCCC4)n32)[nH]1. The molecule has 1 aliphatic rings. The fraction of sp³-hybridized carbons (Fsp3) is 0.556. The summed E-state index contributed by atoms with van der Waals surface area (Å²) in [5.74, 6) is 0.661. The summed E-state index contributed by atoms with van der Waals surface area (Å²) in [6, 6.07) is 2.09. The summed E-state index contributed by atoms with van der Waals surface area (Å²) >= 11 is 0. The molecule has 2 N–H and O–H groups in total. The van der Waals surface area contributed by atoms with Crippen molar-refractivity contribution in [3.05, 3.63) is 30.4 Å². The fourth-order valence-corrected chi connectivity index (χ4v) is 3.43. The van der Waals surface area contributed by atoms with Crippen molar-refractivity contribution in [3.8, 4) is 0 Å². The normalized spacial score (nSPS) is 15.7. The van der Waals surface area contributed by atoms with Crippen LogP contribution in [0.5, 0.6) is 0 Å². The molecule has 1 aliphatic carbocycles. The third kappa shape index (κ3) is 3.39. The summed E-state index contributed by atoms with van der Waals surface area (Å²) < 4.78 is 2.27. The van der Waals surface area contributed by atoms with Crippen molar-refractivity contribution in [2.24, 2.45) is 0 Å². The smallest absolute Gasteiger partial charge is 0.156 e. The van der Waals surface area contributed by atoms with Crippen LogP contribution >= 0.6 is 0 Å². The van der Waals surface area contributed by atoms with Crippen LogP contribution in [0, 0.1) is 0 Å². The summed E-state index contributed by atoms with van der Waals surface area (Å²) in [4.78, 5) is 12.1. The first kappa shape index (κ1) is 16.0. The second-order valence-electron chi connectivity index (χ2n) is 6.14. The van der Waals surface area contributed by atoms with Crippen molar-refractivity contribution in [1.29, 1.82) is 0 Å². The van der Waals surface area contributed by atoms with Gasteiger partial charge >= 0.3 is 0 Å². The molecule has 3 aromatic heterocycles. The molecule has 5 nitrogen and oxygen atoms in total. The van der Waals surface area contributed by atoms with E-state index in [1.807, 2.05) is 18.6 Å². The number of nitrogens with one attached hydrogen (secondary N) is 2. The molecule has 23 heavy (non-hydrogen) atoms. The quantitative estimate of drug-likeness (QED) is 0.764. The lowest BCUT2D eigenvalue weighted by atomic mass is 9.87. The van der Waals surface area contributed by atoms with E-state index in [9.17, 15) is 0 Å². The molecule has 0 atom stereocenters. The van der Waals surface area contributed by atoms with E-state index in [0.717, 1.165) is 29.9 Å². The van der Waals surface area contributed by atoms with Crippen LogP contribution in [0.2, 0.25) is 0 Å². The molecular formula is C18H29N5. The van der Waals surface area contributed by atoms with E-state index in [4.69, 9.17) is 0 Å². The number of hydrogen-bond donors (Lipinski definition) is 2. The van der Waals surface area contributed by atoms with Gasteiger partial charge in [0, 0.05) is 25.4 Å². The van der Waals surface area contributed by atoms with Crippen LogP contribution in [0.4, 0.5) is 0 Å². The predicted octanol–water partition coefficient (Wildman–Crippen LogP) is 4.12. The number of nitrogens with zero attached hydrogens (tertiary/aromatic N) is 3. The molecule has 5 heteroatoms. The van der Waals surface area contributed by atoms with Gasteiger partial charge in [0.2, 0.25) is 0 Å². The van der Waals surface area contributed by atoms with Crippen LogP contribution in [0.15, 0.2) is 24.7 Å². The van der Waals surface area contributed by atoms with Crippen LogP contribution in [0.3, 0.4) is 0 Å². The van der Waals surface area contributed by atoms with Crippen molar-refractivity contribution < 1.29 is 1.43 Å². The molecule has 126 valence electrons. The summed E-state index contributed by atoms with van der Waals surface area (Å²) in [7, 11) is 0. The third-order valence-corrected chi connectivity index (χ3v) is 4.59. The van der Waals surface area contributed by atoms with E-state index in [1.54, 1.807) is 0 Å². The monoisotopic (exact) mass is 315 g/mol. The lowest BCUT2D eigenvalue weighted by Crippen LogP contribution is -2.09. The minimum absolute atomic E-state index is 0. The Morgan fingerprint density at radius 1 is 1.17 bits per heavy atom. The van der Waals surface area contributed by atoms with Gasteiger partial charge < -0.3 is 10.3 Å². The number of aromatic amines is 1. The van der Waals surface area contributed by atoms with E-state index < -0.39 is 0 Å². The van der Waals surface area contributed by atoms with Crippen LogP contribution in [0.1, 0.15) is 59.0 Å². The molecule has 4 rings (SSSR count). The lowest BCUT2D eigenvalue weighted by Gasteiger charge is -2.21. The van der Waals surface area contributed by atoms with Gasteiger partial charge in [0.1, 0.15) is 0 Å². The lowest BCUT2D eigenvalue weighted by molar-refractivity contribution is 0.436. The van der Waals surface area contributed by atoms with Crippen LogP contribution in [-0.4, -0.2) is 32.4 Å². The van der Waals surface area contributed by atoms with Gasteiger partial charge in [0.25, 0.3) is 0 Å². The molecule has 3 aromatic rings. The summed E-state index contributed by atoms with van der Waals surface area (Å²) in [5, 5.41) is 3.11. The van der Waals surface area contributed by atoms with Crippen LogP contribution in [0.25, 0.3) is 16.8 Å². The molecule has 0 saturated heterocycles. The number of fused-ring (bicyclic) bond motifs is 3. The largest absolute Gasteiger partial charge is 0.345 e. The highest BCUT2D eigenvalue weighted by Crippen LogP contribution is 2.33. The van der Waals surface area contributed by atoms with Gasteiger partial charge in [-0.2, -0.15) is 0 Å². The first-order chi connectivity index (χ1) is 11.3. The standard InChI is InChI=1S/C14H16N4.C4H11N.H2/c1-2-4-10(5-3-1)12-8-16-13-9-17-14-11(18(12)13)6-7-15-14;1-3-5-4-2;/h6-10,15H,1-5H2;5H,3-4H2,1-2H3;1H. The minimum atomic E-state index is 0. The third-order valence-electron chi connectivity index (χ3n) is 4.59. The minimum Gasteiger partial charge on any atom is -0.345 e. The van der Waals surface area contributed by atoms with Gasteiger partial charge in [-0.3, -0.25) is 4.40 Å². The first-order valence-electron chi connectivity index (χ1n) is 8.85. The Balaban J connectivity index is 0.000000309. The van der Waals surface area contributed by atoms with Gasteiger partial charge in [-0.25, -0.2) is 9.97 Å². The Morgan fingerprint density at radius 2 is 1.96 bits per heavy atom. The van der Waals surface area contributed by atoms with Gasteiger partial charge in [0.15, 0.2) is 11.3 Å². The van der Waals surface area contributed by atoms with Crippen molar-refractivity contribution >= 4 is 16.8 Å². The van der Waals surface area contributed by atoms with E-state index >= 15 is 0 Å². The van der Waals surface area contributed by atoms with Gasteiger partial charge in [-0.1, -0.05) is 33.1 Å². The molecule has 3 heterocycles. The zero-order chi connectivity index (χ0) is 16.1. The Bertz CT molecular complexity index is 740. The highest BCUT2D eigenvalue weighted by atomic mass is 15.1. The van der Waals surface area contributed by atoms with Crippen LogP contribution in [-0.2, 0) is 0 Å². The van der Waals surface area contributed by atoms with E-state index in [-0.39, 0.29) is 1.43 Å². The maximum atomic E-state index is 4.51. The van der Waals surface area contributed by atoms with Crippen molar-refractivity contribution in [2.75, 3.05) is 13.1 Å². The summed E-state index contributed by atoms with van der Waals surface area (Å²) in [5.41, 5.74) is 4.41. The van der Waals surface area contributed by atoms with Crippen LogP contribution < -0.4 is 5.32 Å². The zero-order valence-electron chi connectivity index (χ0n) is 14.2. The molecular weight excluding hydrogens is 286 g/mol. The summed E-state index contributed by atoms with van der Waals surface area (Å²) in [6.45, 7) is 6.39. The molecule has 0 unspecified atom stereocenters. The molecule has 0 radical (unpaired) electrons. The summed E-state index contributed by atoms with van der Waals surface area (Å²) in [6.07, 6.45) is 12.5. The molecule has 1 fully saturated rings. The molecule has 0 aromatic carbocycles. The van der Waals surface area contributed by atoms with Gasteiger partial charge in [-0.05, 0) is 32.0 Å². The molecule has 0 aliphatic heterocycles. The average Bonchev–Trinajstić information content (AvgIpc) is 3.23. The predicted molar refractivity (Wildman–Crippen MR) is 97.0 cm³/mol. The Labute approximate surface area is 139 Å². The molecule has 0 bridgehead atoms. The van der Waals surface area contributed by atoms with E-state index in [2.05, 4.69) is 44.6 Å². The zero-order valence-corrected chi connectivity index (χ0v) is 14.2. The maximum absolute atomic E-state index is 4.51. The van der Waals surface area contributed by atoms with Crippen molar-refractivity contribution in [3.63, 3.8) is 0 Å². The Kier molecular flexibility index (Phi) is 5.28. The fourth-order valence-electron chi connectivity index (χ4n) is 3.43. The topological polar surface area (TPSA) is 58.0 Å². The number of imidazole rings is 1. The van der Waals surface area contributed by atoms with Gasteiger partial charge in [-0.15, -0.1) is 0 Å². The number of rotatable bonds is 3. The number of hydrogen-bond acceptors (Lipinski definition) is 3. The Morgan fingerprint density at radius 3 is 2.65 bits per heavy atom. The first-order valence-corrected chi connectivity index (χ1v) is 8.85. The second-order valence-corrected chi connectivity index (χ2v) is 6.14. The van der Waals surface area contributed by atoms with Gasteiger partial charge in [0.05, 0.1) is 11.7 Å². The molecule has 0 spiro atoms. The number of H-pyrrole nitrogens is 1. The van der Waals surface area contributed by atoms with E-state index in [0.29, 0.717) is 5.92 Å². The number of aromatic nitrogens is 4. The molecule has 0 amide bonds. The average molecular weight is 315 g/mol. The highest BCUT2D eigenvalue weighted by molar-refractivity contribution is 5.74. The van der Waals surface area contributed by atoms with Crippen molar-refractivity contribution in [1.82, 2.24) is 24.7 Å². The second kappa shape index (κ2) is 7.59. The molecule has 1 saturated carbocycles. The van der Waals surface area contributed by atoms with Crippen molar-refractivity contribution in [2.45, 2.75) is 51.9 Å². The maximum Gasteiger partial charge on any atom is 0.156 e. The highest BCUT2D eigenvalue weighted by Gasteiger charge is 2.20. The van der Waals surface area contributed by atoms with E-state index in [1.165, 1.54) is 37.8 Å². The Hall–Kier alpha value is -1.88.